The third-order valence-electron chi connectivity index (χ3n) is 3.91. The Hall–Kier alpha value is -1.55. The summed E-state index contributed by atoms with van der Waals surface area (Å²) >= 11 is 0. The molecule has 0 bridgehead atoms. The van der Waals surface area contributed by atoms with Gasteiger partial charge in [0.25, 0.3) is 0 Å². The van der Waals surface area contributed by atoms with Crippen LogP contribution >= 0.6 is 0 Å². The summed E-state index contributed by atoms with van der Waals surface area (Å²) in [5.41, 5.74) is 2.10. The van der Waals surface area contributed by atoms with E-state index in [-0.39, 0.29) is 18.0 Å². The maximum absolute atomic E-state index is 11.9. The molecule has 1 aliphatic heterocycles. The number of Topliss-reactive ketones (excluding diaryl/α,β-unsaturated/α-hetero) is 1. The van der Waals surface area contributed by atoms with E-state index in [0.717, 1.165) is 30.4 Å². The zero-order chi connectivity index (χ0) is 15.2. The van der Waals surface area contributed by atoms with Gasteiger partial charge in [-0.15, -0.1) is 0 Å². The Labute approximate surface area is 125 Å². The predicted molar refractivity (Wildman–Crippen MR) is 80.8 cm³/mol. The SMILES string of the molecule is CCCC(O)CC(=O)CCc1ccc(O)c2c1CCCO2. The van der Waals surface area contributed by atoms with Gasteiger partial charge in [-0.3, -0.25) is 4.79 Å². The second kappa shape index (κ2) is 7.46. The summed E-state index contributed by atoms with van der Waals surface area (Å²) in [6.07, 6.45) is 4.18. The lowest BCUT2D eigenvalue weighted by atomic mass is 9.94. The normalized spacial score (nSPS) is 15.1. The Balaban J connectivity index is 1.96. The van der Waals surface area contributed by atoms with Crippen LogP contribution in [0.3, 0.4) is 0 Å². The Morgan fingerprint density at radius 1 is 1.43 bits per heavy atom. The number of fused-ring (bicyclic) bond motifs is 1. The van der Waals surface area contributed by atoms with Crippen molar-refractivity contribution in [2.45, 2.75) is 58.0 Å². The number of ether oxygens (including phenoxy) is 1. The largest absolute Gasteiger partial charge is 0.504 e. The minimum Gasteiger partial charge on any atom is -0.504 e. The van der Waals surface area contributed by atoms with Crippen LogP contribution in [0.5, 0.6) is 11.5 Å². The average molecular weight is 292 g/mol. The second-order valence-corrected chi connectivity index (χ2v) is 5.69. The number of hydrogen-bond acceptors (Lipinski definition) is 4. The number of hydrogen-bond donors (Lipinski definition) is 2. The van der Waals surface area contributed by atoms with Crippen molar-refractivity contribution in [3.05, 3.63) is 23.3 Å². The fourth-order valence-corrected chi connectivity index (χ4v) is 2.82. The van der Waals surface area contributed by atoms with E-state index in [1.54, 1.807) is 6.07 Å². The van der Waals surface area contributed by atoms with Gasteiger partial charge in [0.1, 0.15) is 5.78 Å². The summed E-state index contributed by atoms with van der Waals surface area (Å²) in [5.74, 6) is 0.852. The number of aliphatic hydroxyl groups is 1. The maximum atomic E-state index is 11.9. The Morgan fingerprint density at radius 3 is 3.00 bits per heavy atom. The molecular weight excluding hydrogens is 268 g/mol. The third-order valence-corrected chi connectivity index (χ3v) is 3.91. The summed E-state index contributed by atoms with van der Waals surface area (Å²) < 4.78 is 5.52. The average Bonchev–Trinajstić information content (AvgIpc) is 2.47. The molecule has 0 amide bonds. The number of aliphatic hydroxyl groups excluding tert-OH is 1. The molecule has 4 nitrogen and oxygen atoms in total. The fraction of sp³-hybridized carbons (Fsp3) is 0.588. The van der Waals surface area contributed by atoms with Crippen molar-refractivity contribution in [1.29, 1.82) is 0 Å². The van der Waals surface area contributed by atoms with Crippen molar-refractivity contribution < 1.29 is 19.7 Å². The molecule has 1 aliphatic rings. The molecule has 0 aromatic heterocycles. The third kappa shape index (κ3) is 4.21. The van der Waals surface area contributed by atoms with Crippen molar-refractivity contribution in [3.63, 3.8) is 0 Å². The first-order chi connectivity index (χ1) is 10.1. The van der Waals surface area contributed by atoms with Crippen LogP contribution in [0.4, 0.5) is 0 Å². The molecule has 4 heteroatoms. The highest BCUT2D eigenvalue weighted by molar-refractivity contribution is 5.79. The highest BCUT2D eigenvalue weighted by Crippen LogP contribution is 2.36. The number of ketones is 1. The van der Waals surface area contributed by atoms with Crippen LogP contribution in [0.1, 0.15) is 50.2 Å². The van der Waals surface area contributed by atoms with Crippen LogP contribution < -0.4 is 4.74 Å². The molecule has 2 rings (SSSR count). The van der Waals surface area contributed by atoms with E-state index in [1.807, 2.05) is 13.0 Å². The first-order valence-corrected chi connectivity index (χ1v) is 7.78. The molecule has 0 saturated heterocycles. The summed E-state index contributed by atoms with van der Waals surface area (Å²) in [6, 6.07) is 3.51. The number of phenols is 1. The fourth-order valence-electron chi connectivity index (χ4n) is 2.82. The van der Waals surface area contributed by atoms with Gasteiger partial charge in [-0.2, -0.15) is 0 Å². The van der Waals surface area contributed by atoms with Crippen molar-refractivity contribution in [2.24, 2.45) is 0 Å². The van der Waals surface area contributed by atoms with Crippen molar-refractivity contribution >= 4 is 5.78 Å². The van der Waals surface area contributed by atoms with Crippen LogP contribution in [-0.2, 0) is 17.6 Å². The first-order valence-electron chi connectivity index (χ1n) is 7.78. The van der Waals surface area contributed by atoms with Gasteiger partial charge < -0.3 is 14.9 Å². The minimum atomic E-state index is -0.514. The van der Waals surface area contributed by atoms with E-state index in [4.69, 9.17) is 4.74 Å². The summed E-state index contributed by atoms with van der Waals surface area (Å²) in [6.45, 7) is 2.63. The van der Waals surface area contributed by atoms with E-state index in [9.17, 15) is 15.0 Å². The highest BCUT2D eigenvalue weighted by atomic mass is 16.5. The van der Waals surface area contributed by atoms with Crippen LogP contribution in [0.2, 0.25) is 0 Å². The lowest BCUT2D eigenvalue weighted by Crippen LogP contribution is -2.15. The Bertz CT molecular complexity index is 496. The number of benzene rings is 1. The summed E-state index contributed by atoms with van der Waals surface area (Å²) in [4.78, 5) is 11.9. The van der Waals surface area contributed by atoms with Gasteiger partial charge in [0, 0.05) is 18.4 Å². The van der Waals surface area contributed by atoms with E-state index in [2.05, 4.69) is 0 Å². The number of carbonyl (C=O) groups is 1. The number of aryl methyl sites for hydroxylation is 1. The number of aromatic hydroxyl groups is 1. The quantitative estimate of drug-likeness (QED) is 0.811. The van der Waals surface area contributed by atoms with E-state index in [0.29, 0.717) is 31.6 Å². The molecule has 0 fully saturated rings. The van der Waals surface area contributed by atoms with Crippen molar-refractivity contribution in [3.8, 4) is 11.5 Å². The maximum Gasteiger partial charge on any atom is 0.164 e. The number of phenolic OH excluding ortho intramolecular Hbond substituents is 1. The lowest BCUT2D eigenvalue weighted by Gasteiger charge is -2.21. The molecule has 1 aromatic rings. The zero-order valence-corrected chi connectivity index (χ0v) is 12.6. The van der Waals surface area contributed by atoms with Crippen LogP contribution in [0.15, 0.2) is 12.1 Å². The van der Waals surface area contributed by atoms with Crippen molar-refractivity contribution in [2.75, 3.05) is 6.61 Å². The van der Waals surface area contributed by atoms with Crippen LogP contribution in [-0.4, -0.2) is 28.7 Å². The molecule has 0 radical (unpaired) electrons. The van der Waals surface area contributed by atoms with Crippen LogP contribution in [0, 0.1) is 0 Å². The molecule has 1 unspecified atom stereocenters. The molecule has 1 heterocycles. The predicted octanol–water partition coefficient (Wildman–Crippen LogP) is 2.77. The van der Waals surface area contributed by atoms with Gasteiger partial charge in [0.2, 0.25) is 0 Å². The lowest BCUT2D eigenvalue weighted by molar-refractivity contribution is -0.121. The molecule has 116 valence electrons. The standard InChI is InChI=1S/C17H24O4/c1-2-4-13(18)11-14(19)8-6-12-7-9-16(20)17-15(12)5-3-10-21-17/h7,9,13,18,20H,2-6,8,10-11H2,1H3. The Morgan fingerprint density at radius 2 is 2.24 bits per heavy atom. The summed E-state index contributed by atoms with van der Waals surface area (Å²) in [7, 11) is 0. The molecule has 21 heavy (non-hydrogen) atoms. The Kier molecular flexibility index (Phi) is 5.62. The second-order valence-electron chi connectivity index (χ2n) is 5.69. The molecule has 0 spiro atoms. The molecule has 1 aromatic carbocycles. The van der Waals surface area contributed by atoms with E-state index >= 15 is 0 Å². The minimum absolute atomic E-state index is 0.0921. The van der Waals surface area contributed by atoms with Gasteiger partial charge in [-0.1, -0.05) is 19.4 Å². The highest BCUT2D eigenvalue weighted by Gasteiger charge is 2.19. The molecule has 1 atom stereocenters. The number of rotatable bonds is 7. The van der Waals surface area contributed by atoms with Gasteiger partial charge in [-0.25, -0.2) is 0 Å². The van der Waals surface area contributed by atoms with Crippen LogP contribution in [0.25, 0.3) is 0 Å². The van der Waals surface area contributed by atoms with Gasteiger partial charge in [0.15, 0.2) is 11.5 Å². The topological polar surface area (TPSA) is 66.8 Å². The molecule has 2 N–H and O–H groups in total. The van der Waals surface area contributed by atoms with Gasteiger partial charge in [0.05, 0.1) is 12.7 Å². The monoisotopic (exact) mass is 292 g/mol. The molecule has 0 saturated carbocycles. The van der Waals surface area contributed by atoms with Gasteiger partial charge in [-0.05, 0) is 37.3 Å². The smallest absolute Gasteiger partial charge is 0.164 e. The first kappa shape index (κ1) is 15.8. The van der Waals surface area contributed by atoms with E-state index in [1.165, 1.54) is 0 Å². The van der Waals surface area contributed by atoms with E-state index < -0.39 is 6.10 Å². The number of carbonyl (C=O) groups excluding carboxylic acids is 1. The van der Waals surface area contributed by atoms with Crippen molar-refractivity contribution in [1.82, 2.24) is 0 Å². The van der Waals surface area contributed by atoms with Gasteiger partial charge >= 0.3 is 0 Å². The molecule has 0 aliphatic carbocycles. The zero-order valence-electron chi connectivity index (χ0n) is 12.6. The summed E-state index contributed by atoms with van der Waals surface area (Å²) in [5, 5.41) is 19.5. The molecular formula is C17H24O4.